The molecule has 2 nitrogen and oxygen atoms in total. The standard InChI is InChI=1S/C20H22ClFN2/c1-20(2,3)23-11-15-13-24(19-7-5-4-6-17(15)19)12-14-8-9-16(22)10-18(14)21/h4-10,13,23H,11-12H2,1-3H3. The number of nitrogens with zero attached hydrogens (tertiary/aromatic N) is 1. The fraction of sp³-hybridized carbons (Fsp3) is 0.300. The fourth-order valence-corrected chi connectivity index (χ4v) is 3.02. The van der Waals surface area contributed by atoms with E-state index >= 15 is 0 Å². The van der Waals surface area contributed by atoms with E-state index in [-0.39, 0.29) is 11.4 Å². The highest BCUT2D eigenvalue weighted by Gasteiger charge is 2.13. The van der Waals surface area contributed by atoms with Gasteiger partial charge in [-0.25, -0.2) is 4.39 Å². The monoisotopic (exact) mass is 344 g/mol. The topological polar surface area (TPSA) is 17.0 Å². The summed E-state index contributed by atoms with van der Waals surface area (Å²) in [6.07, 6.45) is 2.16. The van der Waals surface area contributed by atoms with Gasteiger partial charge in [-0.3, -0.25) is 0 Å². The molecule has 3 aromatic rings. The maximum atomic E-state index is 13.3. The summed E-state index contributed by atoms with van der Waals surface area (Å²) in [6, 6.07) is 12.9. The van der Waals surface area contributed by atoms with Gasteiger partial charge in [0, 0.05) is 40.8 Å². The first kappa shape index (κ1) is 17.0. The molecule has 0 atom stereocenters. The molecule has 1 aromatic heterocycles. The van der Waals surface area contributed by atoms with Crippen molar-refractivity contribution in [3.63, 3.8) is 0 Å². The predicted molar refractivity (Wildman–Crippen MR) is 99.0 cm³/mol. The molecule has 0 aliphatic carbocycles. The van der Waals surface area contributed by atoms with E-state index in [1.165, 1.54) is 23.1 Å². The van der Waals surface area contributed by atoms with Crippen molar-refractivity contribution in [3.8, 4) is 0 Å². The molecule has 0 bridgehead atoms. The van der Waals surface area contributed by atoms with Crippen LogP contribution in [0, 0.1) is 5.82 Å². The van der Waals surface area contributed by atoms with Crippen LogP contribution in [0.1, 0.15) is 31.9 Å². The molecule has 0 saturated carbocycles. The molecular formula is C20H22ClFN2. The van der Waals surface area contributed by atoms with Gasteiger partial charge in [-0.05, 0) is 50.1 Å². The Kier molecular flexibility index (Phi) is 4.66. The van der Waals surface area contributed by atoms with Crippen LogP contribution in [0.25, 0.3) is 10.9 Å². The van der Waals surface area contributed by atoms with E-state index < -0.39 is 0 Å². The van der Waals surface area contributed by atoms with Gasteiger partial charge in [0.2, 0.25) is 0 Å². The van der Waals surface area contributed by atoms with E-state index in [4.69, 9.17) is 11.6 Å². The molecule has 1 heterocycles. The molecule has 0 unspecified atom stereocenters. The van der Waals surface area contributed by atoms with Crippen molar-refractivity contribution in [2.24, 2.45) is 0 Å². The summed E-state index contributed by atoms with van der Waals surface area (Å²) in [5.41, 5.74) is 3.38. The molecular weight excluding hydrogens is 323 g/mol. The second kappa shape index (κ2) is 6.58. The summed E-state index contributed by atoms with van der Waals surface area (Å²) >= 11 is 6.19. The number of para-hydroxylation sites is 1. The summed E-state index contributed by atoms with van der Waals surface area (Å²) in [5, 5.41) is 5.23. The largest absolute Gasteiger partial charge is 0.343 e. The normalized spacial score (nSPS) is 12.0. The van der Waals surface area contributed by atoms with Crippen LogP contribution in [0.15, 0.2) is 48.7 Å². The van der Waals surface area contributed by atoms with E-state index in [2.05, 4.69) is 55.1 Å². The minimum Gasteiger partial charge on any atom is -0.343 e. The molecule has 2 aromatic carbocycles. The van der Waals surface area contributed by atoms with Crippen LogP contribution >= 0.6 is 11.6 Å². The Morgan fingerprint density at radius 2 is 1.83 bits per heavy atom. The minimum absolute atomic E-state index is 0.0590. The Morgan fingerprint density at radius 3 is 2.54 bits per heavy atom. The van der Waals surface area contributed by atoms with Gasteiger partial charge in [0.05, 0.1) is 0 Å². The number of rotatable bonds is 4. The number of fused-ring (bicyclic) bond motifs is 1. The zero-order valence-corrected chi connectivity index (χ0v) is 15.0. The molecule has 24 heavy (non-hydrogen) atoms. The Bertz CT molecular complexity index is 862. The first-order valence-corrected chi connectivity index (χ1v) is 8.47. The van der Waals surface area contributed by atoms with E-state index in [1.54, 1.807) is 6.07 Å². The van der Waals surface area contributed by atoms with Crippen LogP contribution in [0.3, 0.4) is 0 Å². The van der Waals surface area contributed by atoms with Gasteiger partial charge < -0.3 is 9.88 Å². The maximum absolute atomic E-state index is 13.3. The van der Waals surface area contributed by atoms with Crippen molar-refractivity contribution in [2.45, 2.75) is 39.4 Å². The Labute approximate surface area is 147 Å². The molecule has 0 radical (unpaired) electrons. The van der Waals surface area contributed by atoms with Gasteiger partial charge >= 0.3 is 0 Å². The Hall–Kier alpha value is -1.84. The van der Waals surface area contributed by atoms with Gasteiger partial charge in [0.25, 0.3) is 0 Å². The van der Waals surface area contributed by atoms with Gasteiger partial charge in [-0.2, -0.15) is 0 Å². The number of hydrogen-bond donors (Lipinski definition) is 1. The van der Waals surface area contributed by atoms with Crippen LogP contribution in [-0.2, 0) is 13.1 Å². The van der Waals surface area contributed by atoms with E-state index in [1.807, 2.05) is 6.07 Å². The third kappa shape index (κ3) is 3.80. The smallest absolute Gasteiger partial charge is 0.124 e. The van der Waals surface area contributed by atoms with Gasteiger partial charge in [0.1, 0.15) is 5.82 Å². The molecule has 0 aliphatic rings. The molecule has 0 saturated heterocycles. The zero-order chi connectivity index (χ0) is 17.3. The van der Waals surface area contributed by atoms with Gasteiger partial charge in [0.15, 0.2) is 0 Å². The van der Waals surface area contributed by atoms with Crippen LogP contribution < -0.4 is 5.32 Å². The van der Waals surface area contributed by atoms with Crippen molar-refractivity contribution in [1.82, 2.24) is 9.88 Å². The lowest BCUT2D eigenvalue weighted by Crippen LogP contribution is -2.34. The van der Waals surface area contributed by atoms with E-state index in [0.29, 0.717) is 11.6 Å². The average Bonchev–Trinajstić information content (AvgIpc) is 2.86. The summed E-state index contributed by atoms with van der Waals surface area (Å²) in [7, 11) is 0. The Morgan fingerprint density at radius 1 is 1.08 bits per heavy atom. The second-order valence-corrected chi connectivity index (χ2v) is 7.55. The van der Waals surface area contributed by atoms with Crippen molar-refractivity contribution in [1.29, 1.82) is 0 Å². The van der Waals surface area contributed by atoms with Crippen LogP contribution in [0.5, 0.6) is 0 Å². The molecule has 126 valence electrons. The number of halogens is 2. The van der Waals surface area contributed by atoms with Crippen molar-refractivity contribution >= 4 is 22.5 Å². The van der Waals surface area contributed by atoms with Gasteiger partial charge in [-0.15, -0.1) is 0 Å². The van der Waals surface area contributed by atoms with Crippen molar-refractivity contribution in [3.05, 3.63) is 70.6 Å². The highest BCUT2D eigenvalue weighted by atomic mass is 35.5. The van der Waals surface area contributed by atoms with Gasteiger partial charge in [-0.1, -0.05) is 35.9 Å². The van der Waals surface area contributed by atoms with Crippen LogP contribution in [-0.4, -0.2) is 10.1 Å². The predicted octanol–water partition coefficient (Wildman–Crippen LogP) is 5.37. The van der Waals surface area contributed by atoms with Crippen LogP contribution in [0.2, 0.25) is 5.02 Å². The third-order valence-electron chi connectivity index (χ3n) is 4.04. The number of hydrogen-bond acceptors (Lipinski definition) is 1. The lowest BCUT2D eigenvalue weighted by molar-refractivity contribution is 0.425. The first-order chi connectivity index (χ1) is 11.3. The summed E-state index contributed by atoms with van der Waals surface area (Å²) in [5.74, 6) is -0.309. The maximum Gasteiger partial charge on any atom is 0.124 e. The average molecular weight is 345 g/mol. The summed E-state index contributed by atoms with van der Waals surface area (Å²) in [4.78, 5) is 0. The van der Waals surface area contributed by atoms with Crippen molar-refractivity contribution < 1.29 is 4.39 Å². The molecule has 1 N–H and O–H groups in total. The molecule has 4 heteroatoms. The summed E-state index contributed by atoms with van der Waals surface area (Å²) in [6.45, 7) is 7.89. The Balaban J connectivity index is 1.96. The van der Waals surface area contributed by atoms with Crippen molar-refractivity contribution in [2.75, 3.05) is 0 Å². The molecule has 0 fully saturated rings. The van der Waals surface area contributed by atoms with E-state index in [0.717, 1.165) is 17.6 Å². The first-order valence-electron chi connectivity index (χ1n) is 8.09. The second-order valence-electron chi connectivity index (χ2n) is 7.14. The third-order valence-corrected chi connectivity index (χ3v) is 4.39. The fourth-order valence-electron chi connectivity index (χ4n) is 2.79. The van der Waals surface area contributed by atoms with Crippen LogP contribution in [0.4, 0.5) is 4.39 Å². The highest BCUT2D eigenvalue weighted by Crippen LogP contribution is 2.25. The lowest BCUT2D eigenvalue weighted by atomic mass is 10.1. The molecule has 0 aliphatic heterocycles. The lowest BCUT2D eigenvalue weighted by Gasteiger charge is -2.20. The minimum atomic E-state index is -0.309. The molecule has 0 amide bonds. The SMILES string of the molecule is CC(C)(C)NCc1cn(Cc2ccc(F)cc2Cl)c2ccccc12. The highest BCUT2D eigenvalue weighted by molar-refractivity contribution is 6.31. The summed E-state index contributed by atoms with van der Waals surface area (Å²) < 4.78 is 15.4. The molecule has 0 spiro atoms. The zero-order valence-electron chi connectivity index (χ0n) is 14.2. The number of aromatic nitrogens is 1. The number of benzene rings is 2. The number of nitrogens with one attached hydrogen (secondary N) is 1. The van der Waals surface area contributed by atoms with E-state index in [9.17, 15) is 4.39 Å². The quantitative estimate of drug-likeness (QED) is 0.673. The molecule has 3 rings (SSSR count).